The summed E-state index contributed by atoms with van der Waals surface area (Å²) in [6, 6.07) is 1.28. The van der Waals surface area contributed by atoms with Gasteiger partial charge in [0.15, 0.2) is 0 Å². The summed E-state index contributed by atoms with van der Waals surface area (Å²) in [6.07, 6.45) is 0. The minimum absolute atomic E-state index is 0.236. The number of hydrogen-bond acceptors (Lipinski definition) is 3. The van der Waals surface area contributed by atoms with Crippen LogP contribution in [0.3, 0.4) is 0 Å². The summed E-state index contributed by atoms with van der Waals surface area (Å²) in [4.78, 5) is 25.2. The Balaban J connectivity index is 3.48. The first-order valence-electron chi connectivity index (χ1n) is 3.30. The van der Waals surface area contributed by atoms with Crippen molar-refractivity contribution in [3.05, 3.63) is 27.9 Å². The zero-order valence-corrected chi connectivity index (χ0v) is 6.74. The van der Waals surface area contributed by atoms with E-state index < -0.39 is 5.97 Å². The summed E-state index contributed by atoms with van der Waals surface area (Å²) in [6.45, 7) is 1.58. The monoisotopic (exact) mass is 168 g/mol. The first-order valence-corrected chi connectivity index (χ1v) is 3.30. The van der Waals surface area contributed by atoms with Gasteiger partial charge in [-0.2, -0.15) is 0 Å². The van der Waals surface area contributed by atoms with Gasteiger partial charge in [-0.15, -0.1) is 0 Å². The first-order chi connectivity index (χ1) is 5.52. The van der Waals surface area contributed by atoms with Crippen LogP contribution in [0.25, 0.3) is 0 Å². The Kier molecular flexibility index (Phi) is 1.95. The van der Waals surface area contributed by atoms with Crippen LogP contribution < -0.4 is 5.56 Å². The molecule has 0 saturated heterocycles. The van der Waals surface area contributed by atoms with E-state index in [9.17, 15) is 9.59 Å². The number of hydrogen-bond donors (Lipinski definition) is 1. The van der Waals surface area contributed by atoms with Crippen molar-refractivity contribution in [2.75, 3.05) is 0 Å². The molecule has 0 unspecified atom stereocenters. The van der Waals surface area contributed by atoms with Crippen molar-refractivity contribution < 1.29 is 9.90 Å². The van der Waals surface area contributed by atoms with Crippen molar-refractivity contribution in [3.8, 4) is 0 Å². The van der Waals surface area contributed by atoms with E-state index in [4.69, 9.17) is 5.11 Å². The Bertz CT molecular complexity index is 381. The largest absolute Gasteiger partial charge is 0.475 e. The number of aromatic nitrogens is 2. The average molecular weight is 168 g/mol. The fourth-order valence-electron chi connectivity index (χ4n) is 0.846. The number of carboxylic acid groups (broad SMARTS) is 1. The van der Waals surface area contributed by atoms with E-state index in [0.717, 1.165) is 4.57 Å². The van der Waals surface area contributed by atoms with Gasteiger partial charge in [0.25, 0.3) is 5.56 Å². The number of rotatable bonds is 1. The molecule has 5 nitrogen and oxygen atoms in total. The Morgan fingerprint density at radius 3 is 2.75 bits per heavy atom. The van der Waals surface area contributed by atoms with Crippen molar-refractivity contribution >= 4 is 5.97 Å². The van der Waals surface area contributed by atoms with E-state index in [1.54, 1.807) is 6.92 Å². The van der Waals surface area contributed by atoms with Crippen LogP contribution >= 0.6 is 0 Å². The molecule has 0 amide bonds. The van der Waals surface area contributed by atoms with E-state index >= 15 is 0 Å². The molecule has 1 aromatic rings. The molecule has 0 aliphatic rings. The standard InChI is InChI=1S/C7H8N2O3/c1-4-3-5(10)9(2)6(8-4)7(11)12/h3H,1-2H3,(H,11,12). The zero-order valence-electron chi connectivity index (χ0n) is 6.74. The van der Waals surface area contributed by atoms with Gasteiger partial charge in [-0.3, -0.25) is 9.36 Å². The molecule has 0 bridgehead atoms. The lowest BCUT2D eigenvalue weighted by molar-refractivity contribution is 0.0677. The van der Waals surface area contributed by atoms with Crippen molar-refractivity contribution in [2.45, 2.75) is 6.92 Å². The lowest BCUT2D eigenvalue weighted by Crippen LogP contribution is -2.24. The van der Waals surface area contributed by atoms with E-state index in [-0.39, 0.29) is 11.4 Å². The maximum absolute atomic E-state index is 11.0. The van der Waals surface area contributed by atoms with Gasteiger partial charge in [0.05, 0.1) is 0 Å². The van der Waals surface area contributed by atoms with E-state index in [2.05, 4.69) is 4.98 Å². The number of aryl methyl sites for hydroxylation is 1. The molecule has 0 aromatic carbocycles. The van der Waals surface area contributed by atoms with Crippen molar-refractivity contribution in [2.24, 2.45) is 7.05 Å². The highest BCUT2D eigenvalue weighted by atomic mass is 16.4. The maximum atomic E-state index is 11.0. The summed E-state index contributed by atoms with van der Waals surface area (Å²) < 4.78 is 0.995. The third-order valence-electron chi connectivity index (χ3n) is 1.45. The highest BCUT2D eigenvalue weighted by molar-refractivity contribution is 5.83. The van der Waals surface area contributed by atoms with Gasteiger partial charge in [-0.1, -0.05) is 0 Å². The first kappa shape index (κ1) is 8.45. The Hall–Kier alpha value is -1.65. The van der Waals surface area contributed by atoms with Crippen LogP contribution in [0.1, 0.15) is 16.3 Å². The predicted octanol–water partition coefficient (Wildman–Crippen LogP) is -0.213. The van der Waals surface area contributed by atoms with E-state index in [0.29, 0.717) is 5.69 Å². The molecular formula is C7H8N2O3. The summed E-state index contributed by atoms with van der Waals surface area (Å²) in [7, 11) is 1.37. The van der Waals surface area contributed by atoms with Crippen molar-refractivity contribution in [1.82, 2.24) is 9.55 Å². The molecule has 12 heavy (non-hydrogen) atoms. The predicted molar refractivity (Wildman–Crippen MR) is 41.2 cm³/mol. The molecule has 5 heteroatoms. The number of aromatic carboxylic acids is 1. The second-order valence-electron chi connectivity index (χ2n) is 2.42. The molecule has 1 aromatic heterocycles. The Morgan fingerprint density at radius 2 is 2.25 bits per heavy atom. The van der Waals surface area contributed by atoms with Gasteiger partial charge in [-0.25, -0.2) is 9.78 Å². The minimum atomic E-state index is -1.20. The molecule has 0 saturated carbocycles. The number of carbonyl (C=O) groups is 1. The molecule has 0 atom stereocenters. The highest BCUT2D eigenvalue weighted by Gasteiger charge is 2.09. The number of nitrogens with zero attached hydrogens (tertiary/aromatic N) is 2. The molecule has 0 aliphatic heterocycles. The van der Waals surface area contributed by atoms with Gasteiger partial charge in [-0.05, 0) is 6.92 Å². The summed E-state index contributed by atoms with van der Waals surface area (Å²) >= 11 is 0. The molecule has 0 spiro atoms. The molecule has 1 N–H and O–H groups in total. The number of carboxylic acids is 1. The zero-order chi connectivity index (χ0) is 9.30. The lowest BCUT2D eigenvalue weighted by Gasteiger charge is -2.01. The third-order valence-corrected chi connectivity index (χ3v) is 1.45. The summed E-state index contributed by atoms with van der Waals surface area (Å²) in [5.74, 6) is -1.43. The fourth-order valence-corrected chi connectivity index (χ4v) is 0.846. The SMILES string of the molecule is Cc1cc(=O)n(C)c(C(=O)O)n1. The van der Waals surface area contributed by atoms with E-state index in [1.807, 2.05) is 0 Å². The van der Waals surface area contributed by atoms with E-state index in [1.165, 1.54) is 13.1 Å². The second-order valence-corrected chi connectivity index (χ2v) is 2.42. The van der Waals surface area contributed by atoms with Gasteiger partial charge >= 0.3 is 5.97 Å². The molecule has 0 fully saturated rings. The molecule has 0 aliphatic carbocycles. The van der Waals surface area contributed by atoms with Crippen LogP contribution in [-0.4, -0.2) is 20.6 Å². The molecule has 0 radical (unpaired) electrons. The van der Waals surface area contributed by atoms with Crippen molar-refractivity contribution in [3.63, 3.8) is 0 Å². The van der Waals surface area contributed by atoms with Gasteiger partial charge in [0.2, 0.25) is 5.82 Å². The van der Waals surface area contributed by atoms with Crippen molar-refractivity contribution in [1.29, 1.82) is 0 Å². The van der Waals surface area contributed by atoms with Gasteiger partial charge in [0, 0.05) is 18.8 Å². The Labute approximate surface area is 68.3 Å². The van der Waals surface area contributed by atoms with Crippen LogP contribution in [-0.2, 0) is 7.05 Å². The third kappa shape index (κ3) is 1.34. The smallest absolute Gasteiger partial charge is 0.372 e. The van der Waals surface area contributed by atoms with Crippen LogP contribution in [0, 0.1) is 6.92 Å². The topological polar surface area (TPSA) is 72.2 Å². The molecular weight excluding hydrogens is 160 g/mol. The van der Waals surface area contributed by atoms with Gasteiger partial charge < -0.3 is 5.11 Å². The minimum Gasteiger partial charge on any atom is -0.475 e. The lowest BCUT2D eigenvalue weighted by atomic mass is 10.4. The summed E-state index contributed by atoms with van der Waals surface area (Å²) in [5.41, 5.74) is 0.0513. The van der Waals surface area contributed by atoms with Crippen LogP contribution in [0.5, 0.6) is 0 Å². The highest BCUT2D eigenvalue weighted by Crippen LogP contribution is 1.92. The van der Waals surface area contributed by atoms with Crippen LogP contribution in [0.4, 0.5) is 0 Å². The quantitative estimate of drug-likeness (QED) is 0.629. The second kappa shape index (κ2) is 2.77. The fraction of sp³-hybridized carbons (Fsp3) is 0.286. The average Bonchev–Trinajstić information content (AvgIpc) is 1.96. The molecule has 1 heterocycles. The normalized spacial score (nSPS) is 9.83. The van der Waals surface area contributed by atoms with Crippen LogP contribution in [0.15, 0.2) is 10.9 Å². The Morgan fingerprint density at radius 1 is 1.67 bits per heavy atom. The summed E-state index contributed by atoms with van der Waals surface area (Å²) in [5, 5.41) is 8.59. The van der Waals surface area contributed by atoms with Gasteiger partial charge in [0.1, 0.15) is 0 Å². The maximum Gasteiger partial charge on any atom is 0.372 e. The molecule has 1 rings (SSSR count). The molecule has 64 valence electrons. The van der Waals surface area contributed by atoms with Crippen LogP contribution in [0.2, 0.25) is 0 Å².